The van der Waals surface area contributed by atoms with Gasteiger partial charge in [0.15, 0.2) is 0 Å². The normalized spacial score (nSPS) is 11.8. The molecule has 11 heteroatoms. The van der Waals surface area contributed by atoms with E-state index in [2.05, 4.69) is 9.98 Å². The minimum atomic E-state index is -3.87. The van der Waals surface area contributed by atoms with Gasteiger partial charge in [0.05, 0.1) is 21.3 Å². The number of nitrogens with two attached hydrogens (primary N) is 1. The quantitative estimate of drug-likeness (QED) is 0.533. The molecule has 0 amide bonds. The van der Waals surface area contributed by atoms with Crippen LogP contribution in [0.2, 0.25) is 5.02 Å². The number of sulfonamides is 1. The first kappa shape index (κ1) is 20.5. The number of aromatic hydroxyl groups is 1. The van der Waals surface area contributed by atoms with Gasteiger partial charge in [-0.3, -0.25) is 14.8 Å². The molecular weight excluding hydrogens is 420 g/mol. The number of rotatable bonds is 4. The molecule has 0 unspecified atom stereocenters. The van der Waals surface area contributed by atoms with Gasteiger partial charge in [0.2, 0.25) is 15.9 Å². The minimum Gasteiger partial charge on any atom is -0.493 e. The molecule has 0 aliphatic carbocycles. The van der Waals surface area contributed by atoms with E-state index in [-0.39, 0.29) is 21.2 Å². The lowest BCUT2D eigenvalue weighted by molar-refractivity contribution is 0.430. The highest BCUT2D eigenvalue weighted by molar-refractivity contribution is 7.89. The third kappa shape index (κ3) is 4.14. The average Bonchev–Trinajstić information content (AvgIpc) is 2.63. The van der Waals surface area contributed by atoms with E-state index in [9.17, 15) is 23.1 Å². The largest absolute Gasteiger partial charge is 0.493 e. The van der Waals surface area contributed by atoms with Crippen molar-refractivity contribution in [1.29, 1.82) is 0 Å². The van der Waals surface area contributed by atoms with E-state index in [0.29, 0.717) is 11.3 Å². The Morgan fingerprint density at radius 2 is 1.90 bits per heavy atom. The number of aromatic amines is 1. The third-order valence-electron chi connectivity index (χ3n) is 4.04. The van der Waals surface area contributed by atoms with Gasteiger partial charge in [0.25, 0.3) is 5.56 Å². The first-order valence-electron chi connectivity index (χ1n) is 8.10. The lowest BCUT2D eigenvalue weighted by atomic mass is 10.2. The molecule has 0 spiro atoms. The Hall–Kier alpha value is -3.21. The van der Waals surface area contributed by atoms with Crippen molar-refractivity contribution in [3.63, 3.8) is 0 Å². The van der Waals surface area contributed by atoms with E-state index in [4.69, 9.17) is 16.7 Å². The van der Waals surface area contributed by atoms with Gasteiger partial charge in [-0.05, 0) is 42.8 Å². The smallest absolute Gasteiger partial charge is 0.335 e. The van der Waals surface area contributed by atoms with Gasteiger partial charge in [0, 0.05) is 6.21 Å². The molecule has 4 N–H and O–H groups in total. The molecule has 0 bridgehead atoms. The number of nitrogens with one attached hydrogen (secondary N) is 1. The summed E-state index contributed by atoms with van der Waals surface area (Å²) >= 11 is 6.08. The number of H-pyrrole nitrogens is 1. The fourth-order valence-electron chi connectivity index (χ4n) is 2.60. The maximum absolute atomic E-state index is 12.2. The molecule has 3 rings (SSSR count). The molecule has 0 atom stereocenters. The van der Waals surface area contributed by atoms with E-state index in [1.54, 1.807) is 19.1 Å². The number of para-hydroxylation sites is 1. The maximum atomic E-state index is 12.2. The van der Waals surface area contributed by atoms with Crippen LogP contribution in [-0.2, 0) is 10.0 Å². The van der Waals surface area contributed by atoms with E-state index in [1.165, 1.54) is 30.3 Å². The van der Waals surface area contributed by atoms with Crippen molar-refractivity contribution < 1.29 is 13.5 Å². The van der Waals surface area contributed by atoms with E-state index >= 15 is 0 Å². The lowest BCUT2D eigenvalue weighted by Gasteiger charge is -2.11. The SMILES string of the molecule is Cc1cc(S(N)(=O)=O)ccc1N=Cc1c(O)n(-c2ccccc2Cl)c(=O)[nH]c1=O. The van der Waals surface area contributed by atoms with Crippen LogP contribution in [0.4, 0.5) is 5.69 Å². The Balaban J connectivity index is 2.12. The highest BCUT2D eigenvalue weighted by Crippen LogP contribution is 2.24. The van der Waals surface area contributed by atoms with Crippen LogP contribution >= 0.6 is 11.6 Å². The molecule has 0 aliphatic rings. The molecule has 29 heavy (non-hydrogen) atoms. The summed E-state index contributed by atoms with van der Waals surface area (Å²) in [5.41, 5.74) is -1.00. The Bertz CT molecular complexity index is 1360. The van der Waals surface area contributed by atoms with Crippen LogP contribution in [0.5, 0.6) is 5.88 Å². The molecule has 150 valence electrons. The van der Waals surface area contributed by atoms with Crippen LogP contribution < -0.4 is 16.4 Å². The number of primary sulfonamides is 1. The molecule has 0 aliphatic heterocycles. The second kappa shape index (κ2) is 7.66. The molecule has 9 nitrogen and oxygen atoms in total. The van der Waals surface area contributed by atoms with E-state index in [0.717, 1.165) is 10.8 Å². The predicted octanol–water partition coefficient (Wildman–Crippen LogP) is 1.59. The number of hydrogen-bond acceptors (Lipinski definition) is 6. The highest BCUT2D eigenvalue weighted by Gasteiger charge is 2.16. The Morgan fingerprint density at radius 1 is 1.21 bits per heavy atom. The zero-order chi connectivity index (χ0) is 21.3. The van der Waals surface area contributed by atoms with Gasteiger partial charge >= 0.3 is 5.69 Å². The molecular formula is C18H15ClN4O5S. The van der Waals surface area contributed by atoms with Crippen molar-refractivity contribution >= 4 is 33.5 Å². The zero-order valence-electron chi connectivity index (χ0n) is 15.0. The third-order valence-corrected chi connectivity index (χ3v) is 5.27. The van der Waals surface area contributed by atoms with Crippen molar-refractivity contribution in [1.82, 2.24) is 9.55 Å². The first-order chi connectivity index (χ1) is 13.6. The van der Waals surface area contributed by atoms with Crippen LogP contribution in [0.1, 0.15) is 11.1 Å². The number of benzene rings is 2. The number of hydrogen-bond donors (Lipinski definition) is 3. The summed E-state index contributed by atoms with van der Waals surface area (Å²) in [6.07, 6.45) is 1.07. The summed E-state index contributed by atoms with van der Waals surface area (Å²) in [4.78, 5) is 30.5. The van der Waals surface area contributed by atoms with Gasteiger partial charge in [0.1, 0.15) is 5.56 Å². The van der Waals surface area contributed by atoms with Crippen molar-refractivity contribution in [3.8, 4) is 11.6 Å². The molecule has 0 fully saturated rings. The topological polar surface area (TPSA) is 148 Å². The number of halogens is 1. The zero-order valence-corrected chi connectivity index (χ0v) is 16.5. The fourth-order valence-corrected chi connectivity index (χ4v) is 3.41. The molecule has 2 aromatic carbocycles. The minimum absolute atomic E-state index is 0.0816. The van der Waals surface area contributed by atoms with Crippen LogP contribution in [-0.4, -0.2) is 29.3 Å². The average molecular weight is 435 g/mol. The van der Waals surface area contributed by atoms with Gasteiger partial charge in [-0.25, -0.2) is 22.9 Å². The number of aliphatic imine (C=N–C) groups is 1. The fraction of sp³-hybridized carbons (Fsp3) is 0.0556. The summed E-state index contributed by atoms with van der Waals surface area (Å²) in [6, 6.07) is 10.3. The Morgan fingerprint density at radius 3 is 2.52 bits per heavy atom. The van der Waals surface area contributed by atoms with E-state index < -0.39 is 27.2 Å². The van der Waals surface area contributed by atoms with Crippen LogP contribution in [0.3, 0.4) is 0 Å². The van der Waals surface area contributed by atoms with E-state index in [1.807, 2.05) is 0 Å². The molecule has 1 aromatic heterocycles. The van der Waals surface area contributed by atoms with Crippen molar-refractivity contribution in [2.45, 2.75) is 11.8 Å². The summed E-state index contributed by atoms with van der Waals surface area (Å²) in [5.74, 6) is -0.644. The molecule has 0 saturated heterocycles. The van der Waals surface area contributed by atoms with Gasteiger partial charge in [-0.1, -0.05) is 23.7 Å². The van der Waals surface area contributed by atoms with Crippen molar-refractivity contribution in [2.75, 3.05) is 0 Å². The molecule has 0 saturated carbocycles. The summed E-state index contributed by atoms with van der Waals surface area (Å²) in [6.45, 7) is 1.61. The lowest BCUT2D eigenvalue weighted by Crippen LogP contribution is -2.31. The second-order valence-corrected chi connectivity index (χ2v) is 8.00. The maximum Gasteiger partial charge on any atom is 0.335 e. The first-order valence-corrected chi connectivity index (χ1v) is 10.0. The van der Waals surface area contributed by atoms with Gasteiger partial charge in [-0.2, -0.15) is 0 Å². The van der Waals surface area contributed by atoms with Crippen LogP contribution in [0, 0.1) is 6.92 Å². The van der Waals surface area contributed by atoms with Crippen molar-refractivity contribution in [3.05, 3.63) is 79.5 Å². The number of aromatic nitrogens is 2. The summed E-state index contributed by atoms with van der Waals surface area (Å²) in [7, 11) is -3.87. The molecule has 3 aromatic rings. The molecule has 1 heterocycles. The highest BCUT2D eigenvalue weighted by atomic mass is 35.5. The van der Waals surface area contributed by atoms with Crippen molar-refractivity contribution in [2.24, 2.45) is 10.1 Å². The van der Waals surface area contributed by atoms with Gasteiger partial charge in [-0.15, -0.1) is 0 Å². The predicted molar refractivity (Wildman–Crippen MR) is 109 cm³/mol. The van der Waals surface area contributed by atoms with Gasteiger partial charge < -0.3 is 5.11 Å². The Labute approximate surface area is 169 Å². The molecule has 0 radical (unpaired) electrons. The number of nitrogens with zero attached hydrogens (tertiary/aromatic N) is 2. The standard InChI is InChI=1S/C18H15ClN4O5S/c1-10-8-11(29(20,27)28)6-7-14(10)21-9-12-16(24)22-18(26)23(17(12)25)15-5-3-2-4-13(15)19/h2-9,25H,1H3,(H2,20,27,28)(H,22,24,26). The summed E-state index contributed by atoms with van der Waals surface area (Å²) in [5, 5.41) is 15.8. The Kier molecular flexibility index (Phi) is 5.42. The van der Waals surface area contributed by atoms with Crippen LogP contribution in [0.15, 0.2) is 61.9 Å². The second-order valence-electron chi connectivity index (χ2n) is 6.03. The number of aryl methyl sites for hydroxylation is 1. The monoisotopic (exact) mass is 434 g/mol. The van der Waals surface area contributed by atoms with Crippen LogP contribution in [0.25, 0.3) is 5.69 Å². The summed E-state index contributed by atoms with van der Waals surface area (Å²) < 4.78 is 23.7.